The number of benzene rings is 1. The molecule has 0 spiro atoms. The number of anilines is 1. The first-order valence-electron chi connectivity index (χ1n) is 10.9. The number of hydrogen-bond acceptors (Lipinski definition) is 4. The Kier molecular flexibility index (Phi) is 13.2. The first-order valence-corrected chi connectivity index (χ1v) is 10.9. The molecule has 8 heteroatoms. The number of aliphatic imine (C=N–C) groups is 1. The maximum Gasteiger partial charge on any atom is 0.191 e. The average molecular weight is 543 g/mol. The summed E-state index contributed by atoms with van der Waals surface area (Å²) in [4.78, 5) is 7.19. The van der Waals surface area contributed by atoms with Crippen LogP contribution in [0.1, 0.15) is 37.2 Å². The number of halogens is 1. The van der Waals surface area contributed by atoms with Crippen molar-refractivity contribution in [3.05, 3.63) is 47.3 Å². The van der Waals surface area contributed by atoms with Crippen molar-refractivity contribution in [3.8, 4) is 0 Å². The maximum absolute atomic E-state index is 5.18. The molecule has 2 rings (SSSR count). The Morgan fingerprint density at radius 1 is 1.16 bits per heavy atom. The quantitative estimate of drug-likeness (QED) is 0.185. The second-order valence-corrected chi connectivity index (χ2v) is 7.26. The van der Waals surface area contributed by atoms with Crippen molar-refractivity contribution in [1.82, 2.24) is 20.4 Å². The molecular weight excluding hydrogens is 503 g/mol. The summed E-state index contributed by atoms with van der Waals surface area (Å²) < 4.78 is 7.18. The maximum atomic E-state index is 5.18. The Hall–Kier alpha value is -1.81. The van der Waals surface area contributed by atoms with Gasteiger partial charge in [-0.25, -0.2) is 4.99 Å². The molecule has 0 radical (unpaired) electrons. The topological polar surface area (TPSA) is 66.7 Å². The summed E-state index contributed by atoms with van der Waals surface area (Å²) >= 11 is 0. The Morgan fingerprint density at radius 2 is 1.90 bits per heavy atom. The Labute approximate surface area is 204 Å². The number of nitrogens with zero attached hydrogens (tertiary/aromatic N) is 4. The summed E-state index contributed by atoms with van der Waals surface area (Å²) in [6, 6.07) is 10.6. The van der Waals surface area contributed by atoms with Crippen LogP contribution in [0.2, 0.25) is 0 Å². The van der Waals surface area contributed by atoms with Crippen LogP contribution in [0.4, 0.5) is 5.69 Å². The van der Waals surface area contributed by atoms with Gasteiger partial charge in [0.25, 0.3) is 0 Å². The van der Waals surface area contributed by atoms with Crippen LogP contribution in [0, 0.1) is 13.8 Å². The lowest BCUT2D eigenvalue weighted by molar-refractivity contribution is 0.182. The first kappa shape index (κ1) is 27.2. The van der Waals surface area contributed by atoms with E-state index in [0.29, 0.717) is 13.2 Å². The second-order valence-electron chi connectivity index (χ2n) is 7.26. The summed E-state index contributed by atoms with van der Waals surface area (Å²) in [5.41, 5.74) is 4.65. The lowest BCUT2D eigenvalue weighted by atomic mass is 10.2. The molecule has 0 saturated heterocycles. The molecule has 1 heterocycles. The first-order chi connectivity index (χ1) is 14.6. The number of rotatable bonds is 12. The van der Waals surface area contributed by atoms with E-state index >= 15 is 0 Å². The van der Waals surface area contributed by atoms with Crippen LogP contribution < -0.4 is 15.5 Å². The van der Waals surface area contributed by atoms with Crippen molar-refractivity contribution in [1.29, 1.82) is 0 Å². The third-order valence-electron chi connectivity index (χ3n) is 5.18. The van der Waals surface area contributed by atoms with Crippen LogP contribution in [0.5, 0.6) is 0 Å². The third kappa shape index (κ3) is 8.68. The van der Waals surface area contributed by atoms with E-state index in [-0.39, 0.29) is 24.0 Å². The summed E-state index contributed by atoms with van der Waals surface area (Å²) in [5, 5.41) is 11.4. The molecule has 0 amide bonds. The summed E-state index contributed by atoms with van der Waals surface area (Å²) in [7, 11) is 1.71. The summed E-state index contributed by atoms with van der Waals surface area (Å²) in [6.45, 7) is 14.2. The van der Waals surface area contributed by atoms with E-state index in [9.17, 15) is 0 Å². The zero-order valence-corrected chi connectivity index (χ0v) is 22.0. The molecule has 0 atom stereocenters. The third-order valence-corrected chi connectivity index (χ3v) is 5.18. The minimum atomic E-state index is 0. The second kappa shape index (κ2) is 15.1. The lowest BCUT2D eigenvalue weighted by Gasteiger charge is -2.23. The van der Waals surface area contributed by atoms with E-state index in [0.717, 1.165) is 56.5 Å². The molecule has 2 N–H and O–H groups in total. The molecule has 31 heavy (non-hydrogen) atoms. The molecule has 7 nitrogen and oxygen atoms in total. The molecule has 174 valence electrons. The van der Waals surface area contributed by atoms with Gasteiger partial charge in [-0.1, -0.05) is 18.2 Å². The van der Waals surface area contributed by atoms with E-state index in [1.54, 1.807) is 7.11 Å². The van der Waals surface area contributed by atoms with Crippen molar-refractivity contribution in [2.24, 2.45) is 4.99 Å². The van der Waals surface area contributed by atoms with E-state index in [1.165, 1.54) is 11.3 Å². The normalized spacial score (nSPS) is 11.2. The number of hydrogen-bond donors (Lipinski definition) is 2. The average Bonchev–Trinajstić information content (AvgIpc) is 3.03. The number of ether oxygens (including phenoxy) is 1. The Morgan fingerprint density at radius 3 is 2.55 bits per heavy atom. The van der Waals surface area contributed by atoms with Gasteiger partial charge in [0.2, 0.25) is 0 Å². The van der Waals surface area contributed by atoms with Crippen LogP contribution in [-0.2, 0) is 17.8 Å². The van der Waals surface area contributed by atoms with Gasteiger partial charge in [-0.3, -0.25) is 4.68 Å². The number of para-hydroxylation sites is 1. The fraction of sp³-hybridized carbons (Fsp3) is 0.565. The number of aryl methyl sites for hydroxylation is 1. The van der Waals surface area contributed by atoms with Crippen molar-refractivity contribution in [2.45, 2.75) is 47.2 Å². The van der Waals surface area contributed by atoms with E-state index in [4.69, 9.17) is 9.73 Å². The van der Waals surface area contributed by atoms with Gasteiger partial charge in [0, 0.05) is 50.2 Å². The van der Waals surface area contributed by atoms with Gasteiger partial charge in [0.1, 0.15) is 0 Å². The molecule has 0 unspecified atom stereocenters. The molecule has 1 aromatic carbocycles. The van der Waals surface area contributed by atoms with Gasteiger partial charge in [0.15, 0.2) is 5.96 Å². The zero-order valence-electron chi connectivity index (χ0n) is 19.6. The van der Waals surface area contributed by atoms with Crippen LogP contribution in [0.15, 0.2) is 35.3 Å². The number of methoxy groups -OCH3 is 1. The number of nitrogens with one attached hydrogen (secondary N) is 2. The molecular formula is C23H39IN6O. The zero-order chi connectivity index (χ0) is 21.8. The van der Waals surface area contributed by atoms with E-state index < -0.39 is 0 Å². The summed E-state index contributed by atoms with van der Waals surface area (Å²) in [5.74, 6) is 0.851. The van der Waals surface area contributed by atoms with Crippen LogP contribution in [0.3, 0.4) is 0 Å². The minimum absolute atomic E-state index is 0. The molecule has 0 aliphatic carbocycles. The van der Waals surface area contributed by atoms with Crippen molar-refractivity contribution in [3.63, 3.8) is 0 Å². The molecule has 0 aliphatic heterocycles. The van der Waals surface area contributed by atoms with Gasteiger partial charge >= 0.3 is 0 Å². The number of aromatic nitrogens is 2. The van der Waals surface area contributed by atoms with Gasteiger partial charge < -0.3 is 20.3 Å². The molecule has 0 fully saturated rings. The fourth-order valence-corrected chi connectivity index (χ4v) is 3.44. The highest BCUT2D eigenvalue weighted by molar-refractivity contribution is 14.0. The lowest BCUT2D eigenvalue weighted by Crippen LogP contribution is -2.38. The van der Waals surface area contributed by atoms with E-state index in [2.05, 4.69) is 71.7 Å². The smallest absolute Gasteiger partial charge is 0.191 e. The monoisotopic (exact) mass is 542 g/mol. The minimum Gasteiger partial charge on any atom is -0.383 e. The fourth-order valence-electron chi connectivity index (χ4n) is 3.44. The highest BCUT2D eigenvalue weighted by Gasteiger charge is 2.11. The van der Waals surface area contributed by atoms with Crippen molar-refractivity contribution in [2.75, 3.05) is 44.8 Å². The Balaban J connectivity index is 0.00000480. The van der Waals surface area contributed by atoms with Crippen LogP contribution in [-0.4, -0.2) is 55.6 Å². The highest BCUT2D eigenvalue weighted by atomic mass is 127. The number of guanidine groups is 1. The predicted octanol–water partition coefficient (Wildman–Crippen LogP) is 3.74. The molecule has 1 aromatic heterocycles. The predicted molar refractivity (Wildman–Crippen MR) is 141 cm³/mol. The largest absolute Gasteiger partial charge is 0.383 e. The Bertz CT molecular complexity index is 778. The van der Waals surface area contributed by atoms with Gasteiger partial charge in [-0.05, 0) is 46.2 Å². The SMILES string of the molecule is CCNC(=NCc1c(C)nn(CCOC)c1C)NCCCN(CC)c1ccccc1.I. The van der Waals surface area contributed by atoms with E-state index in [1.807, 2.05) is 11.6 Å². The van der Waals surface area contributed by atoms with Crippen molar-refractivity contribution < 1.29 is 4.74 Å². The highest BCUT2D eigenvalue weighted by Crippen LogP contribution is 2.14. The van der Waals surface area contributed by atoms with Crippen LogP contribution in [0.25, 0.3) is 0 Å². The molecule has 2 aromatic rings. The molecule has 0 aliphatic rings. The standard InChI is InChI=1S/C23H38N6O.HI/c1-6-24-23(25-14-11-15-28(7-2)21-12-9-8-10-13-21)26-18-22-19(3)27-29(20(22)4)16-17-30-5;/h8-10,12-13H,6-7,11,14-18H2,1-5H3,(H2,24,25,26);1H. The summed E-state index contributed by atoms with van der Waals surface area (Å²) in [6.07, 6.45) is 1.04. The van der Waals surface area contributed by atoms with Crippen molar-refractivity contribution >= 4 is 35.6 Å². The molecule has 0 bridgehead atoms. The molecule has 0 saturated carbocycles. The van der Waals surface area contributed by atoms with Gasteiger partial charge in [-0.2, -0.15) is 5.10 Å². The van der Waals surface area contributed by atoms with Crippen LogP contribution >= 0.6 is 24.0 Å². The van der Waals surface area contributed by atoms with Gasteiger partial charge in [0.05, 0.1) is 25.4 Å². The van der Waals surface area contributed by atoms with Gasteiger partial charge in [-0.15, -0.1) is 24.0 Å².